The standard InChI is InChI=1S/C11H14O2/c1-13-11-7-3-4-8-9(11)5-2-6-10(8)12/h2,5-6,8,11H,3-4,7H2,1H3. The Morgan fingerprint density at radius 1 is 1.46 bits per heavy atom. The third-order valence-corrected chi connectivity index (χ3v) is 2.91. The van der Waals surface area contributed by atoms with E-state index >= 15 is 0 Å². The summed E-state index contributed by atoms with van der Waals surface area (Å²) in [5.74, 6) is 0.364. The van der Waals surface area contributed by atoms with Crippen molar-refractivity contribution in [2.45, 2.75) is 25.4 Å². The number of ketones is 1. The molecule has 0 saturated heterocycles. The van der Waals surface area contributed by atoms with Crippen LogP contribution in [0, 0.1) is 5.92 Å². The van der Waals surface area contributed by atoms with Crippen LogP contribution in [0.25, 0.3) is 0 Å². The van der Waals surface area contributed by atoms with E-state index in [1.54, 1.807) is 13.2 Å². The second-order valence-electron chi connectivity index (χ2n) is 3.64. The molecule has 70 valence electrons. The summed E-state index contributed by atoms with van der Waals surface area (Å²) in [5.41, 5.74) is 1.18. The lowest BCUT2D eigenvalue weighted by Crippen LogP contribution is -2.30. The summed E-state index contributed by atoms with van der Waals surface area (Å²) in [6, 6.07) is 0. The van der Waals surface area contributed by atoms with Crippen molar-refractivity contribution in [1.82, 2.24) is 0 Å². The predicted molar refractivity (Wildman–Crippen MR) is 50.4 cm³/mol. The lowest BCUT2D eigenvalue weighted by molar-refractivity contribution is -0.118. The maximum atomic E-state index is 11.5. The van der Waals surface area contributed by atoms with E-state index < -0.39 is 0 Å². The van der Waals surface area contributed by atoms with E-state index in [2.05, 4.69) is 0 Å². The summed E-state index contributed by atoms with van der Waals surface area (Å²) in [6.45, 7) is 0. The summed E-state index contributed by atoms with van der Waals surface area (Å²) < 4.78 is 5.35. The Morgan fingerprint density at radius 2 is 2.31 bits per heavy atom. The molecule has 0 spiro atoms. The average Bonchev–Trinajstić information content (AvgIpc) is 2.18. The molecule has 0 bridgehead atoms. The molecule has 1 saturated carbocycles. The highest BCUT2D eigenvalue weighted by atomic mass is 16.5. The Labute approximate surface area is 78.3 Å². The van der Waals surface area contributed by atoms with Crippen molar-refractivity contribution in [2.24, 2.45) is 5.92 Å². The smallest absolute Gasteiger partial charge is 0.162 e. The second-order valence-corrected chi connectivity index (χ2v) is 3.64. The van der Waals surface area contributed by atoms with Crippen LogP contribution >= 0.6 is 0 Å². The molecule has 0 aliphatic heterocycles. The van der Waals surface area contributed by atoms with Gasteiger partial charge >= 0.3 is 0 Å². The van der Waals surface area contributed by atoms with E-state index in [9.17, 15) is 4.79 Å². The molecule has 2 atom stereocenters. The molecule has 0 aromatic rings. The van der Waals surface area contributed by atoms with Crippen molar-refractivity contribution in [3.05, 3.63) is 23.8 Å². The van der Waals surface area contributed by atoms with Crippen molar-refractivity contribution in [1.29, 1.82) is 0 Å². The Morgan fingerprint density at radius 3 is 3.08 bits per heavy atom. The largest absolute Gasteiger partial charge is 0.377 e. The second kappa shape index (κ2) is 3.46. The van der Waals surface area contributed by atoms with Gasteiger partial charge in [0.05, 0.1) is 6.10 Å². The zero-order valence-electron chi connectivity index (χ0n) is 7.82. The molecule has 0 radical (unpaired) electrons. The van der Waals surface area contributed by atoms with Crippen LogP contribution in [0.3, 0.4) is 0 Å². The summed E-state index contributed by atoms with van der Waals surface area (Å²) in [5, 5.41) is 0. The van der Waals surface area contributed by atoms with Gasteiger partial charge in [-0.25, -0.2) is 0 Å². The molecule has 0 N–H and O–H groups in total. The van der Waals surface area contributed by atoms with Gasteiger partial charge < -0.3 is 4.74 Å². The van der Waals surface area contributed by atoms with Crippen LogP contribution < -0.4 is 0 Å². The Hall–Kier alpha value is -0.890. The van der Waals surface area contributed by atoms with Crippen molar-refractivity contribution in [3.63, 3.8) is 0 Å². The third-order valence-electron chi connectivity index (χ3n) is 2.91. The Balaban J connectivity index is 2.26. The molecular formula is C11H14O2. The van der Waals surface area contributed by atoms with Crippen molar-refractivity contribution in [3.8, 4) is 0 Å². The van der Waals surface area contributed by atoms with Crippen LogP contribution in [-0.4, -0.2) is 19.0 Å². The fourth-order valence-corrected chi connectivity index (χ4v) is 2.22. The summed E-state index contributed by atoms with van der Waals surface area (Å²) in [4.78, 5) is 11.5. The molecule has 2 nitrogen and oxygen atoms in total. The van der Waals surface area contributed by atoms with Crippen LogP contribution in [0.5, 0.6) is 0 Å². The SMILES string of the molecule is COC1CCCC2C(=O)C=CC=C12. The number of methoxy groups -OCH3 is 1. The molecule has 0 heterocycles. The quantitative estimate of drug-likeness (QED) is 0.612. The molecule has 2 aliphatic carbocycles. The van der Waals surface area contributed by atoms with Crippen LogP contribution in [0.15, 0.2) is 23.8 Å². The van der Waals surface area contributed by atoms with Gasteiger partial charge in [-0.2, -0.15) is 0 Å². The van der Waals surface area contributed by atoms with Gasteiger partial charge in [0.15, 0.2) is 5.78 Å². The molecule has 1 fully saturated rings. The first kappa shape index (κ1) is 8.70. The van der Waals surface area contributed by atoms with Gasteiger partial charge in [0, 0.05) is 13.0 Å². The third kappa shape index (κ3) is 1.46. The molecule has 2 aliphatic rings. The van der Waals surface area contributed by atoms with Gasteiger partial charge in [-0.3, -0.25) is 4.79 Å². The van der Waals surface area contributed by atoms with E-state index in [1.165, 1.54) is 5.57 Å². The monoisotopic (exact) mass is 178 g/mol. The molecule has 2 heteroatoms. The zero-order valence-corrected chi connectivity index (χ0v) is 7.82. The van der Waals surface area contributed by atoms with Crippen molar-refractivity contribution in [2.75, 3.05) is 7.11 Å². The van der Waals surface area contributed by atoms with E-state index in [0.717, 1.165) is 19.3 Å². The van der Waals surface area contributed by atoms with E-state index in [0.29, 0.717) is 0 Å². The normalized spacial score (nSPS) is 32.7. The molecule has 2 unspecified atom stereocenters. The Kier molecular flexibility index (Phi) is 2.32. The van der Waals surface area contributed by atoms with Gasteiger partial charge in [-0.1, -0.05) is 12.2 Å². The first-order chi connectivity index (χ1) is 6.33. The molecule has 0 aromatic carbocycles. The predicted octanol–water partition coefficient (Wildman–Crippen LogP) is 1.87. The highest BCUT2D eigenvalue weighted by Gasteiger charge is 2.31. The number of carbonyl (C=O) groups is 1. The fourth-order valence-electron chi connectivity index (χ4n) is 2.22. The number of fused-ring (bicyclic) bond motifs is 1. The zero-order chi connectivity index (χ0) is 9.26. The number of hydrogen-bond donors (Lipinski definition) is 0. The van der Waals surface area contributed by atoms with Crippen LogP contribution in [-0.2, 0) is 9.53 Å². The number of hydrogen-bond acceptors (Lipinski definition) is 2. The van der Waals surface area contributed by atoms with E-state index in [1.807, 2.05) is 12.2 Å². The Bertz CT molecular complexity index is 276. The van der Waals surface area contributed by atoms with Crippen LogP contribution in [0.1, 0.15) is 19.3 Å². The maximum absolute atomic E-state index is 11.5. The van der Waals surface area contributed by atoms with E-state index in [4.69, 9.17) is 4.74 Å². The number of ether oxygens (including phenoxy) is 1. The van der Waals surface area contributed by atoms with Gasteiger partial charge in [-0.15, -0.1) is 0 Å². The molecule has 13 heavy (non-hydrogen) atoms. The minimum absolute atomic E-state index is 0.115. The van der Waals surface area contributed by atoms with E-state index in [-0.39, 0.29) is 17.8 Å². The lowest BCUT2D eigenvalue weighted by atomic mass is 9.77. The number of carbonyl (C=O) groups excluding carboxylic acids is 1. The van der Waals surface area contributed by atoms with Gasteiger partial charge in [-0.05, 0) is 30.9 Å². The van der Waals surface area contributed by atoms with Gasteiger partial charge in [0.25, 0.3) is 0 Å². The highest BCUT2D eigenvalue weighted by Crippen LogP contribution is 2.34. The average molecular weight is 178 g/mol. The summed E-state index contributed by atoms with van der Waals surface area (Å²) in [6.07, 6.45) is 8.87. The molecule has 0 aromatic heterocycles. The lowest BCUT2D eigenvalue weighted by Gasteiger charge is -2.31. The molecular weight excluding hydrogens is 164 g/mol. The minimum Gasteiger partial charge on any atom is -0.377 e. The maximum Gasteiger partial charge on any atom is 0.162 e. The number of rotatable bonds is 1. The van der Waals surface area contributed by atoms with Crippen LogP contribution in [0.2, 0.25) is 0 Å². The fraction of sp³-hybridized carbons (Fsp3) is 0.545. The molecule has 0 amide bonds. The van der Waals surface area contributed by atoms with Crippen LogP contribution in [0.4, 0.5) is 0 Å². The van der Waals surface area contributed by atoms with Gasteiger partial charge in [0.2, 0.25) is 0 Å². The topological polar surface area (TPSA) is 26.3 Å². The highest BCUT2D eigenvalue weighted by molar-refractivity contribution is 5.95. The molecule has 2 rings (SSSR count). The first-order valence-electron chi connectivity index (χ1n) is 4.77. The summed E-state index contributed by atoms with van der Waals surface area (Å²) in [7, 11) is 1.72. The van der Waals surface area contributed by atoms with Gasteiger partial charge in [0.1, 0.15) is 0 Å². The van der Waals surface area contributed by atoms with Crippen molar-refractivity contribution >= 4 is 5.78 Å². The minimum atomic E-state index is 0.115. The van der Waals surface area contributed by atoms with Crippen molar-refractivity contribution < 1.29 is 9.53 Å². The first-order valence-corrected chi connectivity index (χ1v) is 4.77. The summed E-state index contributed by atoms with van der Waals surface area (Å²) >= 11 is 0. The number of allylic oxidation sites excluding steroid dienone is 3.